The maximum Gasteiger partial charge on any atom is 0.234 e. The summed E-state index contributed by atoms with van der Waals surface area (Å²) in [4.78, 5) is 13.9. The minimum atomic E-state index is 0.174. The largest absolute Gasteiger partial charge is 0.355 e. The Bertz CT molecular complexity index is 234. The normalized spacial score (nSPS) is 25.0. The molecule has 0 radical (unpaired) electrons. The zero-order valence-corrected chi connectivity index (χ0v) is 10.2. The van der Waals surface area contributed by atoms with Gasteiger partial charge >= 0.3 is 0 Å². The average molecular weight is 225 g/mol. The number of rotatable bonds is 6. The van der Waals surface area contributed by atoms with Crippen LogP contribution in [0.3, 0.4) is 0 Å². The van der Waals surface area contributed by atoms with Gasteiger partial charge in [0.2, 0.25) is 5.91 Å². The van der Waals surface area contributed by atoms with Gasteiger partial charge in [-0.1, -0.05) is 0 Å². The molecular weight excluding hydrogens is 202 g/mol. The summed E-state index contributed by atoms with van der Waals surface area (Å²) >= 11 is 0. The summed E-state index contributed by atoms with van der Waals surface area (Å²) in [5.41, 5.74) is 0. The van der Waals surface area contributed by atoms with Gasteiger partial charge in [-0.15, -0.1) is 0 Å². The van der Waals surface area contributed by atoms with Gasteiger partial charge in [-0.2, -0.15) is 0 Å². The van der Waals surface area contributed by atoms with Crippen molar-refractivity contribution in [1.29, 1.82) is 0 Å². The maximum atomic E-state index is 11.6. The Balaban J connectivity index is 1.77. The van der Waals surface area contributed by atoms with Gasteiger partial charge in [-0.25, -0.2) is 0 Å². The second kappa shape index (κ2) is 5.64. The van der Waals surface area contributed by atoms with Crippen LogP contribution in [0.25, 0.3) is 0 Å². The summed E-state index contributed by atoms with van der Waals surface area (Å²) in [5, 5.41) is 6.38. The highest BCUT2D eigenvalue weighted by molar-refractivity contribution is 5.78. The first-order chi connectivity index (χ1) is 7.79. The molecule has 0 aromatic carbocycles. The Morgan fingerprint density at radius 3 is 2.81 bits per heavy atom. The van der Waals surface area contributed by atoms with Gasteiger partial charge in [-0.3, -0.25) is 9.69 Å². The molecule has 2 fully saturated rings. The van der Waals surface area contributed by atoms with Crippen molar-refractivity contribution >= 4 is 5.91 Å². The molecule has 0 aromatic heterocycles. The van der Waals surface area contributed by atoms with Gasteiger partial charge in [0.25, 0.3) is 0 Å². The van der Waals surface area contributed by atoms with Crippen molar-refractivity contribution in [1.82, 2.24) is 15.5 Å². The van der Waals surface area contributed by atoms with Crippen molar-refractivity contribution < 1.29 is 4.79 Å². The Kier molecular flexibility index (Phi) is 4.18. The van der Waals surface area contributed by atoms with E-state index in [1.807, 2.05) is 6.92 Å². The van der Waals surface area contributed by atoms with E-state index in [0.29, 0.717) is 18.6 Å². The van der Waals surface area contributed by atoms with Crippen molar-refractivity contribution in [3.8, 4) is 0 Å². The monoisotopic (exact) mass is 225 g/mol. The summed E-state index contributed by atoms with van der Waals surface area (Å²) < 4.78 is 0. The van der Waals surface area contributed by atoms with Crippen molar-refractivity contribution in [2.45, 2.75) is 44.7 Å². The highest BCUT2D eigenvalue weighted by Gasteiger charge is 2.32. The van der Waals surface area contributed by atoms with Gasteiger partial charge in [0.15, 0.2) is 0 Å². The highest BCUT2D eigenvalue weighted by atomic mass is 16.2. The molecule has 1 saturated heterocycles. The number of hydrogen-bond acceptors (Lipinski definition) is 3. The van der Waals surface area contributed by atoms with Gasteiger partial charge in [0.1, 0.15) is 0 Å². The molecule has 0 spiro atoms. The molecule has 1 aliphatic heterocycles. The van der Waals surface area contributed by atoms with Crippen molar-refractivity contribution in [3.05, 3.63) is 0 Å². The average Bonchev–Trinajstić information content (AvgIpc) is 2.98. The fraction of sp³-hybridized carbons (Fsp3) is 0.917. The molecule has 1 aliphatic carbocycles. The molecule has 1 unspecified atom stereocenters. The second-order valence-electron chi connectivity index (χ2n) is 4.91. The molecule has 1 atom stereocenters. The molecule has 2 N–H and O–H groups in total. The van der Waals surface area contributed by atoms with Gasteiger partial charge < -0.3 is 10.6 Å². The van der Waals surface area contributed by atoms with Gasteiger partial charge in [0, 0.05) is 25.2 Å². The Hall–Kier alpha value is -0.610. The van der Waals surface area contributed by atoms with E-state index >= 15 is 0 Å². The molecule has 92 valence electrons. The van der Waals surface area contributed by atoms with Crippen LogP contribution in [-0.2, 0) is 4.79 Å². The van der Waals surface area contributed by atoms with E-state index in [-0.39, 0.29) is 5.91 Å². The molecule has 1 saturated carbocycles. The molecule has 1 amide bonds. The topological polar surface area (TPSA) is 44.4 Å². The van der Waals surface area contributed by atoms with Gasteiger partial charge in [-0.05, 0) is 39.2 Å². The van der Waals surface area contributed by atoms with Crippen LogP contribution in [0.15, 0.2) is 0 Å². The van der Waals surface area contributed by atoms with Crippen LogP contribution in [0.2, 0.25) is 0 Å². The number of amides is 1. The maximum absolute atomic E-state index is 11.6. The van der Waals surface area contributed by atoms with E-state index in [0.717, 1.165) is 19.6 Å². The van der Waals surface area contributed by atoms with Crippen LogP contribution in [-0.4, -0.2) is 49.1 Å². The summed E-state index contributed by atoms with van der Waals surface area (Å²) in [6.45, 7) is 5.47. The Labute approximate surface area is 97.8 Å². The van der Waals surface area contributed by atoms with Crippen molar-refractivity contribution in [3.63, 3.8) is 0 Å². The highest BCUT2D eigenvalue weighted by Crippen LogP contribution is 2.27. The number of carbonyl (C=O) groups excluding carboxylic acids is 1. The van der Waals surface area contributed by atoms with E-state index < -0.39 is 0 Å². The van der Waals surface area contributed by atoms with Crippen LogP contribution in [0.4, 0.5) is 0 Å². The van der Waals surface area contributed by atoms with Crippen LogP contribution in [0, 0.1) is 0 Å². The summed E-state index contributed by atoms with van der Waals surface area (Å²) in [5.74, 6) is 0.174. The standard InChI is InChI=1S/C12H23N3O/c1-2-13-12(16)9-15(11-5-6-11)8-10-4-3-7-14-10/h10-11,14H,2-9H2,1H3,(H,13,16). The van der Waals surface area contributed by atoms with Crippen LogP contribution in [0.5, 0.6) is 0 Å². The van der Waals surface area contributed by atoms with E-state index in [4.69, 9.17) is 0 Å². The van der Waals surface area contributed by atoms with Crippen molar-refractivity contribution in [2.75, 3.05) is 26.2 Å². The fourth-order valence-corrected chi connectivity index (χ4v) is 2.42. The SMILES string of the molecule is CCNC(=O)CN(CC1CCCN1)C1CC1. The molecule has 4 heteroatoms. The summed E-state index contributed by atoms with van der Waals surface area (Å²) in [7, 11) is 0. The minimum absolute atomic E-state index is 0.174. The summed E-state index contributed by atoms with van der Waals surface area (Å²) in [6, 6.07) is 1.28. The molecule has 2 aliphatic rings. The molecule has 1 heterocycles. The lowest BCUT2D eigenvalue weighted by atomic mass is 10.2. The first kappa shape index (κ1) is 11.9. The third-order valence-electron chi connectivity index (χ3n) is 3.40. The molecular formula is C12H23N3O. The predicted octanol–water partition coefficient (Wildman–Crippen LogP) is 0.339. The zero-order chi connectivity index (χ0) is 11.4. The quantitative estimate of drug-likeness (QED) is 0.685. The van der Waals surface area contributed by atoms with Crippen LogP contribution in [0.1, 0.15) is 32.6 Å². The van der Waals surface area contributed by atoms with Crippen molar-refractivity contribution in [2.24, 2.45) is 0 Å². The van der Waals surface area contributed by atoms with E-state index in [1.165, 1.54) is 25.7 Å². The smallest absolute Gasteiger partial charge is 0.234 e. The Morgan fingerprint density at radius 1 is 1.44 bits per heavy atom. The number of carbonyl (C=O) groups is 1. The molecule has 4 nitrogen and oxygen atoms in total. The fourth-order valence-electron chi connectivity index (χ4n) is 2.42. The van der Waals surface area contributed by atoms with E-state index in [2.05, 4.69) is 15.5 Å². The first-order valence-corrected chi connectivity index (χ1v) is 6.53. The zero-order valence-electron chi connectivity index (χ0n) is 10.2. The molecule has 16 heavy (non-hydrogen) atoms. The number of nitrogens with one attached hydrogen (secondary N) is 2. The molecule has 0 aromatic rings. The number of likely N-dealkylation sites (N-methyl/N-ethyl adjacent to an activating group) is 1. The van der Waals surface area contributed by atoms with Crippen LogP contribution < -0.4 is 10.6 Å². The van der Waals surface area contributed by atoms with E-state index in [9.17, 15) is 4.79 Å². The minimum Gasteiger partial charge on any atom is -0.355 e. The Morgan fingerprint density at radius 2 is 2.25 bits per heavy atom. The third kappa shape index (κ3) is 3.46. The van der Waals surface area contributed by atoms with Gasteiger partial charge in [0.05, 0.1) is 6.54 Å². The van der Waals surface area contributed by atoms with Crippen LogP contribution >= 0.6 is 0 Å². The molecule has 2 rings (SSSR count). The second-order valence-corrected chi connectivity index (χ2v) is 4.91. The first-order valence-electron chi connectivity index (χ1n) is 6.53. The molecule has 0 bridgehead atoms. The predicted molar refractivity (Wildman–Crippen MR) is 64.3 cm³/mol. The third-order valence-corrected chi connectivity index (χ3v) is 3.40. The lowest BCUT2D eigenvalue weighted by Crippen LogP contribution is -2.44. The number of nitrogens with zero attached hydrogens (tertiary/aromatic N) is 1. The number of hydrogen-bond donors (Lipinski definition) is 2. The summed E-state index contributed by atoms with van der Waals surface area (Å²) in [6.07, 6.45) is 5.08. The lowest BCUT2D eigenvalue weighted by Gasteiger charge is -2.24. The van der Waals surface area contributed by atoms with E-state index in [1.54, 1.807) is 0 Å². The lowest BCUT2D eigenvalue weighted by molar-refractivity contribution is -0.122.